The van der Waals surface area contributed by atoms with Crippen LogP contribution in [0.5, 0.6) is 0 Å². The minimum Gasteiger partial charge on any atom is -0.465 e. The van der Waals surface area contributed by atoms with Crippen LogP contribution in [0.15, 0.2) is 0 Å². The van der Waals surface area contributed by atoms with Crippen LogP contribution in [0.2, 0.25) is 0 Å². The molecule has 0 aromatic heterocycles. The van der Waals surface area contributed by atoms with Gasteiger partial charge in [-0.2, -0.15) is 47.0 Å². The third-order valence-corrected chi connectivity index (χ3v) is 20.3. The predicted octanol–water partition coefficient (Wildman–Crippen LogP) is 12.3. The lowest BCUT2D eigenvalue weighted by Crippen LogP contribution is -2.33. The molecule has 0 aromatic rings. The highest BCUT2D eigenvalue weighted by molar-refractivity contribution is 8.00. The van der Waals surface area contributed by atoms with Gasteiger partial charge in [-0.25, -0.2) is 0 Å². The largest absolute Gasteiger partial charge is 0.465 e. The van der Waals surface area contributed by atoms with Crippen LogP contribution in [-0.2, 0) is 19.1 Å². The molecule has 2 aliphatic rings. The van der Waals surface area contributed by atoms with E-state index in [4.69, 9.17) is 9.47 Å². The second-order valence-corrected chi connectivity index (χ2v) is 27.3. The molecule has 0 amide bonds. The Morgan fingerprint density at radius 2 is 0.788 bits per heavy atom. The van der Waals surface area contributed by atoms with Crippen LogP contribution in [0.3, 0.4) is 0 Å². The van der Waals surface area contributed by atoms with E-state index in [-0.39, 0.29) is 23.8 Å². The summed E-state index contributed by atoms with van der Waals surface area (Å²) < 4.78 is 11.8. The molecule has 0 heterocycles. The van der Waals surface area contributed by atoms with Crippen molar-refractivity contribution >= 4 is 59.0 Å². The number of unbranched alkanes of at least 4 members (excludes halogenated alkanes) is 9. The van der Waals surface area contributed by atoms with Crippen LogP contribution in [0.25, 0.3) is 0 Å². The van der Waals surface area contributed by atoms with Gasteiger partial charge in [0, 0.05) is 70.2 Å². The summed E-state index contributed by atoms with van der Waals surface area (Å²) in [4.78, 5) is 35.6. The number of thioether (sulfide) groups is 4. The first kappa shape index (κ1) is 62.3. The molecule has 0 spiro atoms. The molecule has 8 atom stereocenters. The summed E-state index contributed by atoms with van der Waals surface area (Å²) >= 11 is 8.55. The van der Waals surface area contributed by atoms with Gasteiger partial charge in [0.05, 0.1) is 25.0 Å². The van der Waals surface area contributed by atoms with E-state index in [1.54, 1.807) is 0 Å². The fourth-order valence-electron chi connectivity index (χ4n) is 9.60. The average molecular weight is 1000 g/mol. The highest BCUT2D eigenvalue weighted by Gasteiger charge is 2.37. The van der Waals surface area contributed by atoms with Gasteiger partial charge >= 0.3 is 11.9 Å². The summed E-state index contributed by atoms with van der Waals surface area (Å²) in [5.41, 5.74) is 0. The SMILES string of the molecule is CC(C)C(CCC1CCC(C(=O)OCCCCCCCCCCCCOC(=O)C2CCC(CCC(SCCN(C)C)C(C)C)C(SCCN(C)C)C2)CC1SCCN(C)C)SCCN(C)C. The number of carbonyl (C=O) groups excluding carboxylic acids is 2. The Morgan fingerprint density at radius 1 is 0.470 bits per heavy atom. The zero-order chi connectivity index (χ0) is 48.7. The van der Waals surface area contributed by atoms with Gasteiger partial charge < -0.3 is 29.1 Å². The summed E-state index contributed by atoms with van der Waals surface area (Å²) in [5, 5.41) is 2.55. The van der Waals surface area contributed by atoms with Crippen molar-refractivity contribution in [1.82, 2.24) is 19.6 Å². The average Bonchev–Trinajstić information content (AvgIpc) is 3.25. The lowest BCUT2D eigenvalue weighted by molar-refractivity contribution is -0.150. The predicted molar refractivity (Wildman–Crippen MR) is 297 cm³/mol. The normalized spacial score (nSPS) is 22.6. The fourth-order valence-corrected chi connectivity index (χ4v) is 15.9. The second kappa shape index (κ2) is 37.9. The van der Waals surface area contributed by atoms with Crippen molar-refractivity contribution in [3.63, 3.8) is 0 Å². The number of hydrogen-bond donors (Lipinski definition) is 0. The molecule has 0 N–H and O–H groups in total. The van der Waals surface area contributed by atoms with E-state index in [1.165, 1.54) is 75.7 Å². The summed E-state index contributed by atoms with van der Waals surface area (Å²) in [7, 11) is 17.3. The molecule has 8 nitrogen and oxygen atoms in total. The Balaban J connectivity index is 1.59. The van der Waals surface area contributed by atoms with Crippen molar-refractivity contribution in [2.24, 2.45) is 35.5 Å². The smallest absolute Gasteiger partial charge is 0.308 e. The van der Waals surface area contributed by atoms with Gasteiger partial charge in [-0.1, -0.05) is 79.1 Å². The summed E-state index contributed by atoms with van der Waals surface area (Å²) in [5.74, 6) is 7.75. The molecule has 390 valence electrons. The maximum absolute atomic E-state index is 13.3. The minimum atomic E-state index is 0.0637. The van der Waals surface area contributed by atoms with E-state index in [0.717, 1.165) is 102 Å². The van der Waals surface area contributed by atoms with Gasteiger partial charge in [-0.15, -0.1) is 0 Å². The molecule has 0 bridgehead atoms. The van der Waals surface area contributed by atoms with E-state index >= 15 is 0 Å². The topological polar surface area (TPSA) is 65.6 Å². The lowest BCUT2D eigenvalue weighted by Gasteiger charge is -2.36. The molecule has 2 rings (SSSR count). The first-order valence-corrected chi connectivity index (χ1v) is 31.1. The maximum Gasteiger partial charge on any atom is 0.308 e. The number of carbonyl (C=O) groups is 2. The quantitative estimate of drug-likeness (QED) is 0.0435. The lowest BCUT2D eigenvalue weighted by atomic mass is 9.79. The van der Waals surface area contributed by atoms with E-state index in [0.29, 0.717) is 57.9 Å². The number of ether oxygens (including phenoxy) is 2. The van der Waals surface area contributed by atoms with E-state index in [2.05, 4.69) is 151 Å². The minimum absolute atomic E-state index is 0.0637. The van der Waals surface area contributed by atoms with Crippen LogP contribution in [0, 0.1) is 35.5 Å². The summed E-state index contributed by atoms with van der Waals surface area (Å²) in [6.45, 7) is 15.2. The van der Waals surface area contributed by atoms with Crippen molar-refractivity contribution < 1.29 is 19.1 Å². The Morgan fingerprint density at radius 3 is 1.11 bits per heavy atom. The van der Waals surface area contributed by atoms with Crippen LogP contribution in [0.1, 0.15) is 156 Å². The van der Waals surface area contributed by atoms with Crippen LogP contribution < -0.4 is 0 Å². The molecule has 2 fully saturated rings. The van der Waals surface area contributed by atoms with E-state index in [9.17, 15) is 9.59 Å². The zero-order valence-corrected chi connectivity index (χ0v) is 48.3. The summed E-state index contributed by atoms with van der Waals surface area (Å²) in [6, 6.07) is 0. The highest BCUT2D eigenvalue weighted by atomic mass is 32.2. The number of hydrogen-bond acceptors (Lipinski definition) is 12. The third kappa shape index (κ3) is 29.5. The summed E-state index contributed by atoms with van der Waals surface area (Å²) in [6.07, 6.45) is 23.2. The van der Waals surface area contributed by atoms with Gasteiger partial charge in [0.25, 0.3) is 0 Å². The molecule has 2 saturated carbocycles. The second-order valence-electron chi connectivity index (χ2n) is 21.9. The molecule has 0 radical (unpaired) electrons. The van der Waals surface area contributed by atoms with E-state index < -0.39 is 0 Å². The Labute approximate surface area is 426 Å². The van der Waals surface area contributed by atoms with Crippen LogP contribution in [0.4, 0.5) is 0 Å². The number of rotatable bonds is 39. The number of esters is 2. The van der Waals surface area contributed by atoms with Crippen LogP contribution >= 0.6 is 47.0 Å². The van der Waals surface area contributed by atoms with Gasteiger partial charge in [0.15, 0.2) is 0 Å². The third-order valence-electron chi connectivity index (χ3n) is 14.2. The highest BCUT2D eigenvalue weighted by Crippen LogP contribution is 2.42. The molecule has 2 aliphatic carbocycles. The van der Waals surface area contributed by atoms with Crippen molar-refractivity contribution in [2.45, 2.75) is 177 Å². The molecule has 12 heteroatoms. The van der Waals surface area contributed by atoms with Crippen molar-refractivity contribution in [2.75, 3.05) is 119 Å². The molecule has 8 unspecified atom stereocenters. The Bertz CT molecular complexity index is 1120. The first-order chi connectivity index (χ1) is 31.6. The monoisotopic (exact) mass is 1000 g/mol. The molecular formula is C54H106N4O4S4. The maximum atomic E-state index is 13.3. The zero-order valence-electron chi connectivity index (χ0n) is 45.0. The van der Waals surface area contributed by atoms with Crippen molar-refractivity contribution in [3.8, 4) is 0 Å². The van der Waals surface area contributed by atoms with Gasteiger partial charge in [-0.05, 0) is 157 Å². The van der Waals surface area contributed by atoms with Gasteiger partial charge in [0.1, 0.15) is 0 Å². The molecular weight excluding hydrogens is 897 g/mol. The number of nitrogens with zero attached hydrogens (tertiary/aromatic N) is 4. The van der Waals surface area contributed by atoms with Crippen molar-refractivity contribution in [1.29, 1.82) is 0 Å². The van der Waals surface area contributed by atoms with Gasteiger partial charge in [-0.3, -0.25) is 9.59 Å². The van der Waals surface area contributed by atoms with E-state index in [1.807, 2.05) is 0 Å². The van der Waals surface area contributed by atoms with Gasteiger partial charge in [0.2, 0.25) is 0 Å². The molecule has 66 heavy (non-hydrogen) atoms. The molecule has 0 saturated heterocycles. The first-order valence-electron chi connectivity index (χ1n) is 27.0. The molecule has 0 aliphatic heterocycles. The molecule has 0 aromatic carbocycles. The van der Waals surface area contributed by atoms with Crippen molar-refractivity contribution in [3.05, 3.63) is 0 Å². The standard InChI is InChI=1S/C54H106N4O4S4/c1-43(2)49(63-37-31-55(5)6)29-27-45-23-25-47(41-51(45)65-39-33-57(9)10)53(59)61-35-21-19-17-15-13-14-16-18-20-22-36-62-54(60)48-26-24-46(52(42-48)66-40-34-58(11)12)28-30-50(44(3)4)64-38-32-56(7)8/h43-52H,13-42H2,1-12H3. The Kier molecular flexibility index (Phi) is 35.8. The fraction of sp³-hybridized carbons (Fsp3) is 0.963. The Hall–Kier alpha value is 0.180. The van der Waals surface area contributed by atoms with Crippen LogP contribution in [-0.4, -0.2) is 171 Å².